The molecule has 0 bridgehead atoms. The van der Waals surface area contributed by atoms with Gasteiger partial charge in [-0.25, -0.2) is 9.67 Å². The minimum absolute atomic E-state index is 0.712. The van der Waals surface area contributed by atoms with Gasteiger partial charge in [0.2, 0.25) is 0 Å². The van der Waals surface area contributed by atoms with Crippen LogP contribution in [0.15, 0.2) is 17.8 Å². The van der Waals surface area contributed by atoms with E-state index < -0.39 is 0 Å². The minimum atomic E-state index is 0.712. The Balaban J connectivity index is 1.58. The molecule has 1 aliphatic carbocycles. The summed E-state index contributed by atoms with van der Waals surface area (Å²) in [6.07, 6.45) is 6.39. The third-order valence-corrected chi connectivity index (χ3v) is 3.28. The van der Waals surface area contributed by atoms with E-state index in [9.17, 15) is 0 Å². The first-order valence-corrected chi connectivity index (χ1v) is 6.29. The smallest absolute Gasteiger partial charge is 0.114 e. The topological polar surface area (TPSA) is 55.6 Å². The van der Waals surface area contributed by atoms with Crippen molar-refractivity contribution in [2.45, 2.75) is 32.0 Å². The van der Waals surface area contributed by atoms with Crippen molar-refractivity contribution >= 4 is 11.3 Å². The lowest BCUT2D eigenvalue weighted by Crippen LogP contribution is -2.15. The first kappa shape index (κ1) is 9.92. The van der Waals surface area contributed by atoms with E-state index in [0.29, 0.717) is 12.6 Å². The van der Waals surface area contributed by atoms with Gasteiger partial charge >= 0.3 is 0 Å². The van der Waals surface area contributed by atoms with E-state index in [0.717, 1.165) is 17.2 Å². The van der Waals surface area contributed by atoms with E-state index in [-0.39, 0.29) is 0 Å². The van der Waals surface area contributed by atoms with Crippen LogP contribution in [0, 0.1) is 0 Å². The second-order valence-electron chi connectivity index (χ2n) is 3.99. The fraction of sp³-hybridized carbons (Fsp3) is 0.500. The molecule has 1 saturated carbocycles. The largest absolute Gasteiger partial charge is 0.308 e. The Morgan fingerprint density at radius 3 is 3.19 bits per heavy atom. The van der Waals surface area contributed by atoms with Gasteiger partial charge in [-0.1, -0.05) is 5.21 Å². The van der Waals surface area contributed by atoms with Gasteiger partial charge < -0.3 is 5.32 Å². The van der Waals surface area contributed by atoms with E-state index in [1.165, 1.54) is 12.8 Å². The summed E-state index contributed by atoms with van der Waals surface area (Å²) in [6, 6.07) is 0.712. The van der Waals surface area contributed by atoms with Crippen molar-refractivity contribution < 1.29 is 0 Å². The summed E-state index contributed by atoms with van der Waals surface area (Å²) >= 11 is 1.64. The third-order valence-electron chi connectivity index (χ3n) is 2.52. The zero-order chi connectivity index (χ0) is 10.8. The lowest BCUT2D eigenvalue weighted by molar-refractivity contribution is 0.644. The molecule has 0 atom stereocenters. The van der Waals surface area contributed by atoms with E-state index in [2.05, 4.69) is 20.6 Å². The van der Waals surface area contributed by atoms with Gasteiger partial charge in [0.1, 0.15) is 5.01 Å². The highest BCUT2D eigenvalue weighted by Crippen LogP contribution is 2.18. The molecule has 0 spiro atoms. The summed E-state index contributed by atoms with van der Waals surface area (Å²) in [7, 11) is 0. The van der Waals surface area contributed by atoms with Crippen LogP contribution in [0.1, 0.15) is 23.5 Å². The summed E-state index contributed by atoms with van der Waals surface area (Å²) < 4.78 is 1.84. The molecule has 0 aromatic carbocycles. The maximum atomic E-state index is 4.22. The van der Waals surface area contributed by atoms with E-state index in [1.807, 2.05) is 22.5 Å². The Morgan fingerprint density at radius 1 is 1.50 bits per heavy atom. The van der Waals surface area contributed by atoms with Gasteiger partial charge in [0, 0.05) is 24.2 Å². The second-order valence-corrected chi connectivity index (χ2v) is 4.97. The molecule has 1 aliphatic rings. The standard InChI is InChI=1S/C10H13N5S/c1-2-8(1)12-5-9-6-15(14-13-9)7-10-11-3-4-16-10/h3-4,6,8,12H,1-2,5,7H2. The molecule has 0 radical (unpaired) electrons. The molecular formula is C10H13N5S. The average Bonchev–Trinajstić information content (AvgIpc) is 2.78. The molecule has 1 N–H and O–H groups in total. The zero-order valence-corrected chi connectivity index (χ0v) is 9.65. The van der Waals surface area contributed by atoms with Crippen LogP contribution < -0.4 is 5.32 Å². The number of thiazole rings is 1. The summed E-state index contributed by atoms with van der Waals surface area (Å²) in [5.74, 6) is 0. The quantitative estimate of drug-likeness (QED) is 0.841. The van der Waals surface area contributed by atoms with Crippen molar-refractivity contribution in [1.29, 1.82) is 0 Å². The third kappa shape index (κ3) is 2.45. The summed E-state index contributed by atoms with van der Waals surface area (Å²) in [4.78, 5) is 4.22. The molecule has 2 aromatic rings. The molecule has 2 heterocycles. The van der Waals surface area contributed by atoms with Gasteiger partial charge in [-0.05, 0) is 12.8 Å². The van der Waals surface area contributed by atoms with Gasteiger partial charge in [0.05, 0.1) is 18.4 Å². The minimum Gasteiger partial charge on any atom is -0.308 e. The molecule has 2 aromatic heterocycles. The number of rotatable bonds is 5. The van der Waals surface area contributed by atoms with Crippen molar-refractivity contribution in [2.24, 2.45) is 0 Å². The van der Waals surface area contributed by atoms with Crippen LogP contribution in [0.25, 0.3) is 0 Å². The Morgan fingerprint density at radius 2 is 2.44 bits per heavy atom. The summed E-state index contributed by atoms with van der Waals surface area (Å²) in [5.41, 5.74) is 1.00. The van der Waals surface area contributed by atoms with Gasteiger partial charge in [-0.3, -0.25) is 0 Å². The highest BCUT2D eigenvalue weighted by Gasteiger charge is 2.20. The molecule has 1 fully saturated rings. The Kier molecular flexibility index (Phi) is 2.67. The molecule has 0 amide bonds. The fourth-order valence-electron chi connectivity index (χ4n) is 1.50. The molecule has 0 aliphatic heterocycles. The van der Waals surface area contributed by atoms with Gasteiger partial charge in [-0.2, -0.15) is 0 Å². The second kappa shape index (κ2) is 4.31. The van der Waals surface area contributed by atoms with Crippen LogP contribution in [-0.4, -0.2) is 26.0 Å². The maximum Gasteiger partial charge on any atom is 0.114 e. The van der Waals surface area contributed by atoms with Crippen molar-refractivity contribution in [2.75, 3.05) is 0 Å². The van der Waals surface area contributed by atoms with Gasteiger partial charge in [0.25, 0.3) is 0 Å². The van der Waals surface area contributed by atoms with Crippen LogP contribution >= 0.6 is 11.3 Å². The van der Waals surface area contributed by atoms with Crippen molar-refractivity contribution in [3.8, 4) is 0 Å². The summed E-state index contributed by atoms with van der Waals surface area (Å²) in [6.45, 7) is 1.54. The normalized spacial score (nSPS) is 15.5. The Labute approximate surface area is 97.5 Å². The molecule has 3 rings (SSSR count). The average molecular weight is 235 g/mol. The lowest BCUT2D eigenvalue weighted by Gasteiger charge is -1.96. The predicted molar refractivity (Wildman–Crippen MR) is 61.1 cm³/mol. The molecule has 16 heavy (non-hydrogen) atoms. The molecule has 0 unspecified atom stereocenters. The number of aromatic nitrogens is 4. The fourth-order valence-corrected chi connectivity index (χ4v) is 2.11. The Hall–Kier alpha value is -1.27. The maximum absolute atomic E-state index is 4.22. The van der Waals surface area contributed by atoms with Crippen molar-refractivity contribution in [1.82, 2.24) is 25.3 Å². The first-order valence-electron chi connectivity index (χ1n) is 5.41. The van der Waals surface area contributed by atoms with E-state index in [1.54, 1.807) is 11.3 Å². The SMILES string of the molecule is c1csc(Cn2cc(CNC3CC3)nn2)n1. The van der Waals surface area contributed by atoms with Crippen LogP contribution in [0.3, 0.4) is 0 Å². The zero-order valence-electron chi connectivity index (χ0n) is 8.83. The molecule has 84 valence electrons. The molecule has 6 heteroatoms. The number of hydrogen-bond acceptors (Lipinski definition) is 5. The monoisotopic (exact) mass is 235 g/mol. The van der Waals surface area contributed by atoms with Crippen LogP contribution in [0.4, 0.5) is 0 Å². The van der Waals surface area contributed by atoms with Gasteiger partial charge in [-0.15, -0.1) is 16.4 Å². The molecule has 0 saturated heterocycles. The van der Waals surface area contributed by atoms with Crippen molar-refractivity contribution in [3.05, 3.63) is 28.5 Å². The highest BCUT2D eigenvalue weighted by atomic mass is 32.1. The van der Waals surface area contributed by atoms with E-state index >= 15 is 0 Å². The molecular weight excluding hydrogens is 222 g/mol. The number of nitrogens with one attached hydrogen (secondary N) is 1. The Bertz CT molecular complexity index is 445. The first-order chi connectivity index (χ1) is 7.90. The lowest BCUT2D eigenvalue weighted by atomic mass is 10.4. The molecule has 5 nitrogen and oxygen atoms in total. The highest BCUT2D eigenvalue weighted by molar-refractivity contribution is 7.09. The summed E-state index contributed by atoms with van der Waals surface area (Å²) in [5, 5.41) is 14.7. The number of nitrogens with zero attached hydrogens (tertiary/aromatic N) is 4. The van der Waals surface area contributed by atoms with Crippen LogP contribution in [-0.2, 0) is 13.1 Å². The van der Waals surface area contributed by atoms with Gasteiger partial charge in [0.15, 0.2) is 0 Å². The van der Waals surface area contributed by atoms with Crippen molar-refractivity contribution in [3.63, 3.8) is 0 Å². The van der Waals surface area contributed by atoms with Crippen LogP contribution in [0.5, 0.6) is 0 Å². The van der Waals surface area contributed by atoms with Crippen LogP contribution in [0.2, 0.25) is 0 Å². The predicted octanol–water partition coefficient (Wildman–Crippen LogP) is 1.03. The number of hydrogen-bond donors (Lipinski definition) is 1. The van der Waals surface area contributed by atoms with E-state index in [4.69, 9.17) is 0 Å².